The van der Waals surface area contributed by atoms with Crippen LogP contribution < -0.4 is 0 Å². The maximum Gasteiger partial charge on any atom is 0.490 e. The molecule has 10 heteroatoms. The summed E-state index contributed by atoms with van der Waals surface area (Å²) >= 11 is 0. The molecule has 1 aromatic heterocycles. The standard InChI is InChI=1S/C5H8N2O2S.C2HF3O2/c1-10(8,9)4-5-2-3-6-7-5;3-2(4,5)1(6)7/h2-3H,4H2,1H3,(H,6,7);(H,6,7). The van der Waals surface area contributed by atoms with Crippen molar-refractivity contribution in [3.8, 4) is 0 Å². The Morgan fingerprint density at radius 1 is 1.53 bits per heavy atom. The fourth-order valence-corrected chi connectivity index (χ4v) is 1.37. The molecule has 2 N–H and O–H groups in total. The van der Waals surface area contributed by atoms with Crippen LogP contribution in [0.25, 0.3) is 0 Å². The van der Waals surface area contributed by atoms with Gasteiger partial charge in [0.25, 0.3) is 0 Å². The average molecular weight is 274 g/mol. The molecule has 0 aliphatic carbocycles. The fourth-order valence-electron chi connectivity index (χ4n) is 0.648. The number of carboxylic acid groups (broad SMARTS) is 1. The maximum absolute atomic E-state index is 10.7. The number of carbonyl (C=O) groups is 1. The summed E-state index contributed by atoms with van der Waals surface area (Å²) in [6.45, 7) is 0. The van der Waals surface area contributed by atoms with Gasteiger partial charge in [-0.25, -0.2) is 13.2 Å². The summed E-state index contributed by atoms with van der Waals surface area (Å²) in [6, 6.07) is 1.64. The number of sulfone groups is 1. The normalized spacial score (nSPS) is 11.5. The van der Waals surface area contributed by atoms with Gasteiger partial charge in [0, 0.05) is 12.5 Å². The Morgan fingerprint density at radius 2 is 2.00 bits per heavy atom. The molecule has 0 atom stereocenters. The number of rotatable bonds is 2. The number of halogens is 3. The van der Waals surface area contributed by atoms with Gasteiger partial charge in [-0.3, -0.25) is 5.10 Å². The predicted octanol–water partition coefficient (Wildman–Crippen LogP) is 0.588. The second-order valence-electron chi connectivity index (χ2n) is 2.95. The summed E-state index contributed by atoms with van der Waals surface area (Å²) in [6.07, 6.45) is -2.37. The van der Waals surface area contributed by atoms with Crippen molar-refractivity contribution in [1.82, 2.24) is 10.2 Å². The van der Waals surface area contributed by atoms with Crippen LogP contribution in [0, 0.1) is 0 Å². The van der Waals surface area contributed by atoms with Crippen molar-refractivity contribution in [3.63, 3.8) is 0 Å². The highest BCUT2D eigenvalue weighted by molar-refractivity contribution is 7.89. The van der Waals surface area contributed by atoms with Gasteiger partial charge in [-0.15, -0.1) is 0 Å². The first-order valence-corrected chi connectivity index (χ1v) is 6.04. The van der Waals surface area contributed by atoms with Gasteiger partial charge >= 0.3 is 12.1 Å². The Bertz CT molecular complexity index is 452. The van der Waals surface area contributed by atoms with Gasteiger partial charge in [0.15, 0.2) is 9.84 Å². The lowest BCUT2D eigenvalue weighted by Crippen LogP contribution is -2.21. The molecule has 1 aromatic rings. The molecule has 0 amide bonds. The van der Waals surface area contributed by atoms with E-state index < -0.39 is 22.0 Å². The van der Waals surface area contributed by atoms with Crippen LogP contribution in [-0.2, 0) is 20.4 Å². The predicted molar refractivity (Wildman–Crippen MR) is 50.8 cm³/mol. The number of hydrogen-bond donors (Lipinski definition) is 2. The molecule has 0 spiro atoms. The van der Waals surface area contributed by atoms with Crippen LogP contribution in [0.2, 0.25) is 0 Å². The number of aromatic nitrogens is 2. The van der Waals surface area contributed by atoms with Gasteiger partial charge in [-0.05, 0) is 6.07 Å². The molecule has 0 saturated carbocycles. The highest BCUT2D eigenvalue weighted by Gasteiger charge is 2.38. The summed E-state index contributed by atoms with van der Waals surface area (Å²) in [5.41, 5.74) is 0.627. The van der Waals surface area contributed by atoms with Gasteiger partial charge < -0.3 is 5.11 Å². The lowest BCUT2D eigenvalue weighted by Gasteiger charge is -1.93. The second-order valence-corrected chi connectivity index (χ2v) is 5.10. The SMILES string of the molecule is CS(=O)(=O)Cc1ccn[nH]1.O=C(O)C(F)(F)F. The van der Waals surface area contributed by atoms with Crippen molar-refractivity contribution in [2.24, 2.45) is 0 Å². The highest BCUT2D eigenvalue weighted by Crippen LogP contribution is 2.13. The van der Waals surface area contributed by atoms with Crippen molar-refractivity contribution >= 4 is 15.8 Å². The summed E-state index contributed by atoms with van der Waals surface area (Å²) < 4.78 is 53.0. The number of nitrogens with one attached hydrogen (secondary N) is 1. The molecule has 0 saturated heterocycles. The summed E-state index contributed by atoms with van der Waals surface area (Å²) in [4.78, 5) is 8.90. The molecular weight excluding hydrogens is 265 g/mol. The minimum absolute atomic E-state index is 0.0347. The number of hydrogen-bond acceptors (Lipinski definition) is 4. The molecule has 1 heterocycles. The Labute approximate surface area is 94.4 Å². The van der Waals surface area contributed by atoms with E-state index in [0.29, 0.717) is 5.69 Å². The van der Waals surface area contributed by atoms with Gasteiger partial charge in [-0.2, -0.15) is 18.3 Å². The van der Waals surface area contributed by atoms with Crippen LogP contribution in [0.15, 0.2) is 12.3 Å². The Balaban J connectivity index is 0.000000325. The molecule has 0 aliphatic heterocycles. The lowest BCUT2D eigenvalue weighted by molar-refractivity contribution is -0.192. The third-order valence-corrected chi connectivity index (χ3v) is 2.05. The molecule has 0 aliphatic rings. The zero-order valence-corrected chi connectivity index (χ0v) is 9.34. The topological polar surface area (TPSA) is 100 Å². The van der Waals surface area contributed by atoms with Gasteiger partial charge in [-0.1, -0.05) is 0 Å². The number of aliphatic carboxylic acids is 1. The number of carboxylic acids is 1. The smallest absolute Gasteiger partial charge is 0.475 e. The van der Waals surface area contributed by atoms with Gasteiger partial charge in [0.1, 0.15) is 0 Å². The number of H-pyrrole nitrogens is 1. The number of aromatic amines is 1. The minimum atomic E-state index is -5.08. The van der Waals surface area contributed by atoms with E-state index >= 15 is 0 Å². The zero-order chi connectivity index (χ0) is 13.7. The minimum Gasteiger partial charge on any atom is -0.475 e. The van der Waals surface area contributed by atoms with Crippen LogP contribution >= 0.6 is 0 Å². The van der Waals surface area contributed by atoms with Crippen LogP contribution in [-0.4, -0.2) is 42.1 Å². The Hall–Kier alpha value is -1.58. The van der Waals surface area contributed by atoms with Crippen molar-refractivity contribution < 1.29 is 31.5 Å². The molecule has 0 radical (unpaired) electrons. The molecule has 6 nitrogen and oxygen atoms in total. The first-order valence-electron chi connectivity index (χ1n) is 3.98. The third-order valence-electron chi connectivity index (χ3n) is 1.22. The van der Waals surface area contributed by atoms with Crippen molar-refractivity contribution in [1.29, 1.82) is 0 Å². The third kappa shape index (κ3) is 8.25. The lowest BCUT2D eigenvalue weighted by atomic mass is 10.5. The molecule has 0 fully saturated rings. The quantitative estimate of drug-likeness (QED) is 0.822. The van der Waals surface area contributed by atoms with Crippen molar-refractivity contribution in [2.45, 2.75) is 11.9 Å². The van der Waals surface area contributed by atoms with E-state index in [1.165, 1.54) is 12.5 Å². The van der Waals surface area contributed by atoms with Crippen LogP contribution in [0.3, 0.4) is 0 Å². The average Bonchev–Trinajstić information content (AvgIpc) is 2.52. The Kier molecular flexibility index (Phi) is 5.13. The first kappa shape index (κ1) is 15.4. The summed E-state index contributed by atoms with van der Waals surface area (Å²) in [7, 11) is -2.92. The van der Waals surface area contributed by atoms with Crippen LogP contribution in [0.1, 0.15) is 5.69 Å². The molecule has 0 unspecified atom stereocenters. The molecular formula is C7H9F3N2O4S. The van der Waals surface area contributed by atoms with E-state index in [4.69, 9.17) is 9.90 Å². The molecule has 0 bridgehead atoms. The highest BCUT2D eigenvalue weighted by atomic mass is 32.2. The van der Waals surface area contributed by atoms with Crippen molar-refractivity contribution in [2.75, 3.05) is 6.26 Å². The van der Waals surface area contributed by atoms with E-state index in [0.717, 1.165) is 0 Å². The van der Waals surface area contributed by atoms with Crippen LogP contribution in [0.5, 0.6) is 0 Å². The first-order chi connectivity index (χ1) is 7.52. The van der Waals surface area contributed by atoms with Gasteiger partial charge in [0.2, 0.25) is 0 Å². The molecule has 0 aromatic carbocycles. The molecule has 98 valence electrons. The van der Waals surface area contributed by atoms with E-state index in [2.05, 4.69) is 10.2 Å². The largest absolute Gasteiger partial charge is 0.490 e. The zero-order valence-electron chi connectivity index (χ0n) is 8.52. The van der Waals surface area contributed by atoms with Crippen LogP contribution in [0.4, 0.5) is 13.2 Å². The second kappa shape index (κ2) is 5.66. The number of alkyl halides is 3. The summed E-state index contributed by atoms with van der Waals surface area (Å²) in [5.74, 6) is -2.72. The van der Waals surface area contributed by atoms with E-state index in [1.54, 1.807) is 6.07 Å². The van der Waals surface area contributed by atoms with E-state index in [1.807, 2.05) is 0 Å². The molecule has 17 heavy (non-hydrogen) atoms. The van der Waals surface area contributed by atoms with Crippen molar-refractivity contribution in [3.05, 3.63) is 18.0 Å². The monoisotopic (exact) mass is 274 g/mol. The number of nitrogens with zero attached hydrogens (tertiary/aromatic N) is 1. The van der Waals surface area contributed by atoms with E-state index in [9.17, 15) is 21.6 Å². The Morgan fingerprint density at radius 3 is 2.24 bits per heavy atom. The maximum atomic E-state index is 10.7. The van der Waals surface area contributed by atoms with Gasteiger partial charge in [0.05, 0.1) is 11.4 Å². The fraction of sp³-hybridized carbons (Fsp3) is 0.429. The molecule has 1 rings (SSSR count). The summed E-state index contributed by atoms with van der Waals surface area (Å²) in [5, 5.41) is 13.3. The van der Waals surface area contributed by atoms with E-state index in [-0.39, 0.29) is 5.75 Å².